The zero-order chi connectivity index (χ0) is 11.5. The Bertz CT molecular complexity index is 178. The lowest BCUT2D eigenvalue weighted by atomic mass is 9.68. The summed E-state index contributed by atoms with van der Waals surface area (Å²) >= 11 is 0. The predicted octanol–water partition coefficient (Wildman–Crippen LogP) is 5.28. The van der Waals surface area contributed by atoms with Crippen molar-refractivity contribution in [2.45, 2.75) is 73.1 Å². The molecule has 0 N–H and O–H groups in total. The van der Waals surface area contributed by atoms with Gasteiger partial charge in [-0.3, -0.25) is 0 Å². The minimum atomic E-state index is 0.620. The fourth-order valence-corrected chi connectivity index (χ4v) is 3.07. The quantitative estimate of drug-likeness (QED) is 0.592. The van der Waals surface area contributed by atoms with Gasteiger partial charge in [0.25, 0.3) is 0 Å². The summed E-state index contributed by atoms with van der Waals surface area (Å²) in [7, 11) is 0. The van der Waals surface area contributed by atoms with E-state index in [4.69, 9.17) is 0 Å². The van der Waals surface area contributed by atoms with Gasteiger partial charge in [-0.1, -0.05) is 60.3 Å². The Morgan fingerprint density at radius 2 is 1.80 bits per heavy atom. The molecule has 1 saturated carbocycles. The lowest BCUT2D eigenvalue weighted by Gasteiger charge is -2.38. The highest BCUT2D eigenvalue weighted by molar-refractivity contribution is 4.81. The van der Waals surface area contributed by atoms with Gasteiger partial charge in [0.05, 0.1) is 0 Å². The highest BCUT2D eigenvalue weighted by Gasteiger charge is 2.30. The molecule has 0 nitrogen and oxygen atoms in total. The first-order valence-electron chi connectivity index (χ1n) is 6.91. The second-order valence-electron chi connectivity index (χ2n) is 6.97. The standard InChI is InChI=1S/C15H30/c1-12(2)8-9-13(3)14-7-6-10-15(4,5)11-14/h12-14H,6-11H2,1-5H3. The Hall–Kier alpha value is 0. The van der Waals surface area contributed by atoms with Gasteiger partial charge in [-0.2, -0.15) is 0 Å². The molecule has 15 heavy (non-hydrogen) atoms. The fraction of sp³-hybridized carbons (Fsp3) is 1.00. The van der Waals surface area contributed by atoms with E-state index in [0.29, 0.717) is 5.41 Å². The van der Waals surface area contributed by atoms with Crippen LogP contribution in [-0.4, -0.2) is 0 Å². The Labute approximate surface area is 96.8 Å². The van der Waals surface area contributed by atoms with Gasteiger partial charge < -0.3 is 0 Å². The second kappa shape index (κ2) is 5.37. The van der Waals surface area contributed by atoms with E-state index < -0.39 is 0 Å². The topological polar surface area (TPSA) is 0 Å². The smallest absolute Gasteiger partial charge is 0.0351 e. The van der Waals surface area contributed by atoms with Crippen LogP contribution in [0.4, 0.5) is 0 Å². The van der Waals surface area contributed by atoms with E-state index in [1.165, 1.54) is 38.5 Å². The van der Waals surface area contributed by atoms with Crippen LogP contribution in [-0.2, 0) is 0 Å². The van der Waals surface area contributed by atoms with Crippen molar-refractivity contribution in [2.24, 2.45) is 23.2 Å². The van der Waals surface area contributed by atoms with Crippen LogP contribution >= 0.6 is 0 Å². The van der Waals surface area contributed by atoms with Gasteiger partial charge in [0.1, 0.15) is 0 Å². The Morgan fingerprint density at radius 1 is 1.13 bits per heavy atom. The first-order chi connectivity index (χ1) is 6.91. The van der Waals surface area contributed by atoms with Crippen molar-refractivity contribution < 1.29 is 0 Å². The maximum Gasteiger partial charge on any atom is -0.0351 e. The highest BCUT2D eigenvalue weighted by Crippen LogP contribution is 2.42. The molecule has 0 heterocycles. The third-order valence-corrected chi connectivity index (χ3v) is 4.25. The Kier molecular flexibility index (Phi) is 4.67. The molecular formula is C15H30. The first kappa shape index (κ1) is 13.1. The van der Waals surface area contributed by atoms with Gasteiger partial charge >= 0.3 is 0 Å². The van der Waals surface area contributed by atoms with E-state index >= 15 is 0 Å². The molecule has 0 aromatic heterocycles. The summed E-state index contributed by atoms with van der Waals surface area (Å²) in [5.41, 5.74) is 0.620. The zero-order valence-electron chi connectivity index (χ0n) is 11.5. The molecule has 0 amide bonds. The van der Waals surface area contributed by atoms with Crippen molar-refractivity contribution in [2.75, 3.05) is 0 Å². The summed E-state index contributed by atoms with van der Waals surface area (Å²) in [6.45, 7) is 12.1. The zero-order valence-corrected chi connectivity index (χ0v) is 11.5. The van der Waals surface area contributed by atoms with Crippen LogP contribution in [0.1, 0.15) is 73.1 Å². The average molecular weight is 210 g/mol. The van der Waals surface area contributed by atoms with Gasteiger partial charge in [0.2, 0.25) is 0 Å². The highest BCUT2D eigenvalue weighted by atomic mass is 14.4. The van der Waals surface area contributed by atoms with Gasteiger partial charge in [0.15, 0.2) is 0 Å². The van der Waals surface area contributed by atoms with Crippen molar-refractivity contribution in [1.29, 1.82) is 0 Å². The normalized spacial score (nSPS) is 28.0. The van der Waals surface area contributed by atoms with Crippen LogP contribution in [0.2, 0.25) is 0 Å². The predicted molar refractivity (Wildman–Crippen MR) is 69.0 cm³/mol. The molecule has 90 valence electrons. The summed E-state index contributed by atoms with van der Waals surface area (Å²) in [4.78, 5) is 0. The maximum absolute atomic E-state index is 2.48. The van der Waals surface area contributed by atoms with E-state index in [1.54, 1.807) is 0 Å². The lowest BCUT2D eigenvalue weighted by molar-refractivity contribution is 0.133. The molecule has 2 unspecified atom stereocenters. The maximum atomic E-state index is 2.48. The van der Waals surface area contributed by atoms with Crippen molar-refractivity contribution in [3.05, 3.63) is 0 Å². The number of hydrogen-bond donors (Lipinski definition) is 0. The van der Waals surface area contributed by atoms with Gasteiger partial charge in [-0.15, -0.1) is 0 Å². The molecule has 0 bridgehead atoms. The van der Waals surface area contributed by atoms with Gasteiger partial charge in [-0.05, 0) is 36.0 Å². The summed E-state index contributed by atoms with van der Waals surface area (Å²) in [5.74, 6) is 2.84. The molecule has 0 spiro atoms. The average Bonchev–Trinajstić information content (AvgIpc) is 2.12. The fourth-order valence-electron chi connectivity index (χ4n) is 3.07. The van der Waals surface area contributed by atoms with Crippen LogP contribution in [0.25, 0.3) is 0 Å². The Morgan fingerprint density at radius 3 is 2.33 bits per heavy atom. The third-order valence-electron chi connectivity index (χ3n) is 4.25. The molecule has 1 fully saturated rings. The van der Waals surface area contributed by atoms with Crippen LogP contribution in [0.15, 0.2) is 0 Å². The number of hydrogen-bond acceptors (Lipinski definition) is 0. The van der Waals surface area contributed by atoms with E-state index in [0.717, 1.165) is 17.8 Å². The molecule has 2 atom stereocenters. The molecule has 1 aliphatic carbocycles. The molecule has 0 heteroatoms. The van der Waals surface area contributed by atoms with E-state index in [1.807, 2.05) is 0 Å². The SMILES string of the molecule is CC(C)CCC(C)C1CCCC(C)(C)C1. The molecule has 0 aromatic carbocycles. The summed E-state index contributed by atoms with van der Waals surface area (Å²) < 4.78 is 0. The third kappa shape index (κ3) is 4.57. The molecule has 0 radical (unpaired) electrons. The van der Waals surface area contributed by atoms with E-state index in [2.05, 4.69) is 34.6 Å². The van der Waals surface area contributed by atoms with E-state index in [9.17, 15) is 0 Å². The molecule has 0 saturated heterocycles. The molecule has 0 aliphatic heterocycles. The van der Waals surface area contributed by atoms with Crippen molar-refractivity contribution in [3.63, 3.8) is 0 Å². The van der Waals surface area contributed by atoms with Crippen molar-refractivity contribution in [3.8, 4) is 0 Å². The largest absolute Gasteiger partial charge is 0.0628 e. The molecule has 0 aromatic rings. The van der Waals surface area contributed by atoms with Crippen LogP contribution < -0.4 is 0 Å². The summed E-state index contributed by atoms with van der Waals surface area (Å²) in [6, 6.07) is 0. The van der Waals surface area contributed by atoms with Crippen molar-refractivity contribution in [1.82, 2.24) is 0 Å². The Balaban J connectivity index is 2.35. The van der Waals surface area contributed by atoms with Crippen LogP contribution in [0.5, 0.6) is 0 Å². The molecule has 1 rings (SSSR count). The summed E-state index contributed by atoms with van der Waals surface area (Å²) in [5, 5.41) is 0. The minimum Gasteiger partial charge on any atom is -0.0628 e. The van der Waals surface area contributed by atoms with Crippen LogP contribution in [0, 0.1) is 23.2 Å². The van der Waals surface area contributed by atoms with Gasteiger partial charge in [0, 0.05) is 0 Å². The first-order valence-corrected chi connectivity index (χ1v) is 6.91. The lowest BCUT2D eigenvalue weighted by Crippen LogP contribution is -2.26. The second-order valence-corrected chi connectivity index (χ2v) is 6.97. The minimum absolute atomic E-state index is 0.620. The monoisotopic (exact) mass is 210 g/mol. The summed E-state index contributed by atoms with van der Waals surface area (Å²) in [6.07, 6.45) is 8.72. The van der Waals surface area contributed by atoms with Crippen molar-refractivity contribution >= 4 is 0 Å². The molecule has 1 aliphatic rings. The van der Waals surface area contributed by atoms with Crippen LogP contribution in [0.3, 0.4) is 0 Å². The molecular weight excluding hydrogens is 180 g/mol. The van der Waals surface area contributed by atoms with Gasteiger partial charge in [-0.25, -0.2) is 0 Å². The van der Waals surface area contributed by atoms with E-state index in [-0.39, 0.29) is 0 Å². The number of rotatable bonds is 4.